The standard InChI is InChI=1S/C22H30N2O3S/c1-16(18-9-13-20(14-10-18)24-28(5,26)27)23-21(25)15-8-17-6-11-19(12-7-17)22(2,3)4/h6-7,9-14,16,24H,8,15H2,1-5H3,(H,23,25). The molecule has 0 fully saturated rings. The molecule has 1 unspecified atom stereocenters. The van der Waals surface area contributed by atoms with Crippen molar-refractivity contribution in [3.8, 4) is 0 Å². The summed E-state index contributed by atoms with van der Waals surface area (Å²) in [4.78, 5) is 12.3. The van der Waals surface area contributed by atoms with Gasteiger partial charge in [-0.1, -0.05) is 57.2 Å². The van der Waals surface area contributed by atoms with Crippen LogP contribution in [0.1, 0.15) is 56.8 Å². The molecule has 2 aromatic rings. The molecule has 1 amide bonds. The molecule has 0 radical (unpaired) electrons. The molecule has 0 spiro atoms. The highest BCUT2D eigenvalue weighted by atomic mass is 32.2. The molecule has 152 valence electrons. The van der Waals surface area contributed by atoms with Crippen molar-refractivity contribution in [2.45, 2.75) is 52.0 Å². The van der Waals surface area contributed by atoms with Gasteiger partial charge in [0, 0.05) is 12.1 Å². The minimum Gasteiger partial charge on any atom is -0.350 e. The van der Waals surface area contributed by atoms with Gasteiger partial charge in [-0.25, -0.2) is 8.42 Å². The molecule has 0 saturated carbocycles. The lowest BCUT2D eigenvalue weighted by molar-refractivity contribution is -0.121. The first-order valence-electron chi connectivity index (χ1n) is 9.40. The summed E-state index contributed by atoms with van der Waals surface area (Å²) in [5.41, 5.74) is 3.97. The molecule has 0 aliphatic rings. The van der Waals surface area contributed by atoms with Gasteiger partial charge in [0.05, 0.1) is 12.3 Å². The number of carbonyl (C=O) groups excluding carboxylic acids is 1. The Kier molecular flexibility index (Phi) is 6.88. The average molecular weight is 403 g/mol. The predicted octanol–water partition coefficient (Wildman–Crippen LogP) is 4.17. The van der Waals surface area contributed by atoms with Crippen LogP contribution in [0.4, 0.5) is 5.69 Å². The lowest BCUT2D eigenvalue weighted by atomic mass is 9.86. The minimum absolute atomic E-state index is 0.00858. The van der Waals surface area contributed by atoms with Crippen molar-refractivity contribution < 1.29 is 13.2 Å². The molecule has 2 rings (SSSR count). The number of anilines is 1. The normalized spacial score (nSPS) is 13.0. The summed E-state index contributed by atoms with van der Waals surface area (Å²) in [5, 5.41) is 2.99. The number of rotatable bonds is 7. The Hall–Kier alpha value is -2.34. The van der Waals surface area contributed by atoms with E-state index in [0.29, 0.717) is 18.5 Å². The predicted molar refractivity (Wildman–Crippen MR) is 115 cm³/mol. The molecule has 2 N–H and O–H groups in total. The molecule has 28 heavy (non-hydrogen) atoms. The molecule has 0 bridgehead atoms. The van der Waals surface area contributed by atoms with Crippen molar-refractivity contribution in [2.24, 2.45) is 0 Å². The topological polar surface area (TPSA) is 75.3 Å². The summed E-state index contributed by atoms with van der Waals surface area (Å²) in [6.07, 6.45) is 2.23. The molecule has 0 saturated heterocycles. The number of sulfonamides is 1. The van der Waals surface area contributed by atoms with E-state index in [1.807, 2.05) is 19.1 Å². The van der Waals surface area contributed by atoms with Crippen molar-refractivity contribution in [3.05, 3.63) is 65.2 Å². The van der Waals surface area contributed by atoms with Crippen LogP contribution in [-0.2, 0) is 26.7 Å². The summed E-state index contributed by atoms with van der Waals surface area (Å²) in [5.74, 6) is -0.00858. The molecular weight excluding hydrogens is 372 g/mol. The highest BCUT2D eigenvalue weighted by Crippen LogP contribution is 2.22. The number of nitrogens with one attached hydrogen (secondary N) is 2. The Morgan fingerprint density at radius 2 is 1.57 bits per heavy atom. The van der Waals surface area contributed by atoms with Gasteiger partial charge < -0.3 is 5.32 Å². The summed E-state index contributed by atoms with van der Waals surface area (Å²) in [6.45, 7) is 8.46. The monoisotopic (exact) mass is 402 g/mol. The SMILES string of the molecule is CC(NC(=O)CCc1ccc(C(C)(C)C)cc1)c1ccc(NS(C)(=O)=O)cc1. The first kappa shape index (κ1) is 22.0. The number of amides is 1. The van der Waals surface area contributed by atoms with Crippen LogP contribution in [-0.4, -0.2) is 20.6 Å². The molecule has 1 atom stereocenters. The van der Waals surface area contributed by atoms with Gasteiger partial charge >= 0.3 is 0 Å². The zero-order valence-electron chi connectivity index (χ0n) is 17.2. The Labute approximate surface area is 168 Å². The molecule has 0 aliphatic heterocycles. The second-order valence-corrected chi connectivity index (χ2v) is 9.98. The Morgan fingerprint density at radius 3 is 2.07 bits per heavy atom. The summed E-state index contributed by atoms with van der Waals surface area (Å²) >= 11 is 0. The van der Waals surface area contributed by atoms with Gasteiger partial charge in [-0.15, -0.1) is 0 Å². The highest BCUT2D eigenvalue weighted by Gasteiger charge is 2.14. The first-order valence-corrected chi connectivity index (χ1v) is 11.3. The van der Waals surface area contributed by atoms with Crippen LogP contribution in [0.5, 0.6) is 0 Å². The van der Waals surface area contributed by atoms with Gasteiger partial charge in [-0.05, 0) is 47.6 Å². The van der Waals surface area contributed by atoms with Crippen LogP contribution in [0.15, 0.2) is 48.5 Å². The Balaban J connectivity index is 1.87. The third-order valence-corrected chi connectivity index (χ3v) is 5.16. The van der Waals surface area contributed by atoms with E-state index in [9.17, 15) is 13.2 Å². The third kappa shape index (κ3) is 7.00. The zero-order chi connectivity index (χ0) is 20.9. The fourth-order valence-corrected chi connectivity index (χ4v) is 3.44. The summed E-state index contributed by atoms with van der Waals surface area (Å²) < 4.78 is 24.9. The van der Waals surface area contributed by atoms with E-state index < -0.39 is 10.0 Å². The van der Waals surface area contributed by atoms with Gasteiger partial charge in [0.1, 0.15) is 0 Å². The molecule has 2 aromatic carbocycles. The van der Waals surface area contributed by atoms with Crippen LogP contribution in [0, 0.1) is 0 Å². The number of carbonyl (C=O) groups is 1. The largest absolute Gasteiger partial charge is 0.350 e. The van der Waals surface area contributed by atoms with Crippen molar-refractivity contribution in [1.82, 2.24) is 5.32 Å². The fraction of sp³-hybridized carbons (Fsp3) is 0.409. The molecule has 0 aliphatic carbocycles. The van der Waals surface area contributed by atoms with Crippen LogP contribution in [0.3, 0.4) is 0 Å². The maximum absolute atomic E-state index is 12.3. The number of benzene rings is 2. The molecule has 5 nitrogen and oxygen atoms in total. The van der Waals surface area contributed by atoms with E-state index in [1.54, 1.807) is 12.1 Å². The van der Waals surface area contributed by atoms with Gasteiger partial charge in [0.15, 0.2) is 0 Å². The van der Waals surface area contributed by atoms with Crippen LogP contribution in [0.2, 0.25) is 0 Å². The van der Waals surface area contributed by atoms with E-state index in [2.05, 4.69) is 55.1 Å². The van der Waals surface area contributed by atoms with Crippen LogP contribution < -0.4 is 10.0 Å². The third-order valence-electron chi connectivity index (χ3n) is 4.55. The minimum atomic E-state index is -3.29. The van der Waals surface area contributed by atoms with Crippen molar-refractivity contribution in [2.75, 3.05) is 11.0 Å². The van der Waals surface area contributed by atoms with Gasteiger partial charge in [-0.2, -0.15) is 0 Å². The zero-order valence-corrected chi connectivity index (χ0v) is 18.1. The Morgan fingerprint density at radius 1 is 1.00 bits per heavy atom. The molecule has 6 heteroatoms. The quantitative estimate of drug-likeness (QED) is 0.730. The number of aryl methyl sites for hydroxylation is 1. The summed E-state index contributed by atoms with van der Waals surface area (Å²) in [7, 11) is -3.29. The van der Waals surface area contributed by atoms with E-state index in [-0.39, 0.29) is 17.4 Å². The van der Waals surface area contributed by atoms with Crippen molar-refractivity contribution in [3.63, 3.8) is 0 Å². The Bertz CT molecular complexity index is 896. The fourth-order valence-electron chi connectivity index (χ4n) is 2.88. The maximum Gasteiger partial charge on any atom is 0.229 e. The maximum atomic E-state index is 12.3. The van der Waals surface area contributed by atoms with E-state index in [0.717, 1.165) is 17.4 Å². The van der Waals surface area contributed by atoms with Gasteiger partial charge in [0.25, 0.3) is 0 Å². The van der Waals surface area contributed by atoms with E-state index >= 15 is 0 Å². The molecule has 0 heterocycles. The average Bonchev–Trinajstić information content (AvgIpc) is 2.59. The van der Waals surface area contributed by atoms with Gasteiger partial charge in [-0.3, -0.25) is 9.52 Å². The summed E-state index contributed by atoms with van der Waals surface area (Å²) in [6, 6.07) is 15.3. The molecular formula is C22H30N2O3S. The highest BCUT2D eigenvalue weighted by molar-refractivity contribution is 7.92. The number of hydrogen-bond donors (Lipinski definition) is 2. The van der Waals surface area contributed by atoms with Crippen molar-refractivity contribution >= 4 is 21.6 Å². The lowest BCUT2D eigenvalue weighted by Crippen LogP contribution is -2.26. The second kappa shape index (κ2) is 8.78. The first-order chi connectivity index (χ1) is 12.9. The van der Waals surface area contributed by atoms with Gasteiger partial charge in [0.2, 0.25) is 15.9 Å². The molecule has 0 aromatic heterocycles. The smallest absolute Gasteiger partial charge is 0.229 e. The van der Waals surface area contributed by atoms with Crippen LogP contribution >= 0.6 is 0 Å². The number of hydrogen-bond acceptors (Lipinski definition) is 3. The van der Waals surface area contributed by atoms with Crippen molar-refractivity contribution in [1.29, 1.82) is 0 Å². The van der Waals surface area contributed by atoms with Crippen LogP contribution in [0.25, 0.3) is 0 Å². The van der Waals surface area contributed by atoms with E-state index in [4.69, 9.17) is 0 Å². The lowest BCUT2D eigenvalue weighted by Gasteiger charge is -2.19. The van der Waals surface area contributed by atoms with E-state index in [1.165, 1.54) is 5.56 Å². The second-order valence-electron chi connectivity index (χ2n) is 8.23.